The van der Waals surface area contributed by atoms with Crippen LogP contribution in [0.1, 0.15) is 22.3 Å². The molecule has 0 spiro atoms. The number of aryl methyl sites for hydroxylation is 1. The van der Waals surface area contributed by atoms with E-state index in [1.807, 2.05) is 61.5 Å². The molecule has 3 aromatic rings. The zero-order valence-electron chi connectivity index (χ0n) is 18.1. The lowest BCUT2D eigenvalue weighted by Crippen LogP contribution is -2.50. The van der Waals surface area contributed by atoms with Crippen molar-refractivity contribution in [3.8, 4) is 0 Å². The van der Waals surface area contributed by atoms with Crippen molar-refractivity contribution >= 4 is 35.0 Å². The maximum atomic E-state index is 13.6. The molecule has 0 aliphatic rings. The zero-order valence-corrected chi connectivity index (χ0v) is 19.7. The maximum Gasteiger partial charge on any atom is 0.242 e. The average Bonchev–Trinajstić information content (AvgIpc) is 2.79. The Morgan fingerprint density at radius 1 is 0.938 bits per heavy atom. The van der Waals surface area contributed by atoms with Gasteiger partial charge in [-0.15, -0.1) is 0 Å². The molecule has 3 aromatic carbocycles. The molecule has 6 heteroatoms. The predicted octanol–water partition coefficient (Wildman–Crippen LogP) is 5.23. The lowest BCUT2D eigenvalue weighted by Gasteiger charge is -2.32. The van der Waals surface area contributed by atoms with Gasteiger partial charge in [-0.1, -0.05) is 83.9 Å². The molecule has 4 nitrogen and oxygen atoms in total. The van der Waals surface area contributed by atoms with Crippen LogP contribution in [0.5, 0.6) is 0 Å². The third-order valence-corrected chi connectivity index (χ3v) is 6.06. The molecule has 166 valence electrons. The molecule has 0 aliphatic carbocycles. The Labute approximate surface area is 199 Å². The van der Waals surface area contributed by atoms with Crippen LogP contribution in [0.4, 0.5) is 0 Å². The Morgan fingerprint density at radius 3 is 2.28 bits per heavy atom. The van der Waals surface area contributed by atoms with Gasteiger partial charge >= 0.3 is 0 Å². The Hall–Kier alpha value is -2.82. The van der Waals surface area contributed by atoms with Gasteiger partial charge in [-0.25, -0.2) is 0 Å². The van der Waals surface area contributed by atoms with Crippen LogP contribution >= 0.6 is 23.2 Å². The summed E-state index contributed by atoms with van der Waals surface area (Å²) in [5.41, 5.74) is 3.70. The number of halogens is 2. The molecule has 0 fully saturated rings. The molecule has 0 saturated heterocycles. The van der Waals surface area contributed by atoms with Gasteiger partial charge in [0.2, 0.25) is 11.8 Å². The number of hydrogen-bond donors (Lipinski definition) is 1. The van der Waals surface area contributed by atoms with Gasteiger partial charge in [0.15, 0.2) is 0 Å². The fourth-order valence-corrected chi connectivity index (χ4v) is 4.10. The topological polar surface area (TPSA) is 49.4 Å². The molecule has 0 radical (unpaired) electrons. The van der Waals surface area contributed by atoms with Crippen LogP contribution in [-0.4, -0.2) is 29.8 Å². The van der Waals surface area contributed by atoms with Crippen LogP contribution in [0.15, 0.2) is 72.8 Å². The van der Waals surface area contributed by atoms with Crippen molar-refractivity contribution < 1.29 is 9.59 Å². The minimum atomic E-state index is -0.666. The van der Waals surface area contributed by atoms with Crippen molar-refractivity contribution in [2.45, 2.75) is 32.4 Å². The highest BCUT2D eigenvalue weighted by Crippen LogP contribution is 2.24. The smallest absolute Gasteiger partial charge is 0.242 e. The van der Waals surface area contributed by atoms with E-state index in [1.165, 1.54) is 0 Å². The summed E-state index contributed by atoms with van der Waals surface area (Å²) in [7, 11) is 1.59. The highest BCUT2D eigenvalue weighted by molar-refractivity contribution is 6.35. The Balaban J connectivity index is 1.97. The number of rotatable bonds is 8. The molecule has 0 bridgehead atoms. The number of carbonyl (C=O) groups excluding carboxylic acids is 2. The number of hydrogen-bond acceptors (Lipinski definition) is 2. The summed E-state index contributed by atoms with van der Waals surface area (Å²) in [4.78, 5) is 28.2. The van der Waals surface area contributed by atoms with Crippen molar-refractivity contribution in [3.63, 3.8) is 0 Å². The fraction of sp³-hybridized carbons (Fsp3) is 0.231. The second-order valence-corrected chi connectivity index (χ2v) is 8.52. The highest BCUT2D eigenvalue weighted by atomic mass is 35.5. The number of amides is 2. The van der Waals surface area contributed by atoms with Gasteiger partial charge in [-0.2, -0.15) is 0 Å². The molecule has 0 unspecified atom stereocenters. The quantitative estimate of drug-likeness (QED) is 0.491. The molecule has 3 rings (SSSR count). The molecule has 0 aromatic heterocycles. The largest absolute Gasteiger partial charge is 0.357 e. The third kappa shape index (κ3) is 6.12. The van der Waals surface area contributed by atoms with Crippen molar-refractivity contribution in [2.75, 3.05) is 7.05 Å². The normalized spacial score (nSPS) is 11.6. The molecule has 32 heavy (non-hydrogen) atoms. The van der Waals surface area contributed by atoms with Crippen LogP contribution in [0, 0.1) is 6.92 Å². The van der Waals surface area contributed by atoms with Gasteiger partial charge in [0.05, 0.1) is 6.42 Å². The molecule has 1 atom stereocenters. The van der Waals surface area contributed by atoms with Crippen molar-refractivity contribution in [2.24, 2.45) is 0 Å². The van der Waals surface area contributed by atoms with E-state index in [0.717, 1.165) is 16.7 Å². The summed E-state index contributed by atoms with van der Waals surface area (Å²) in [5, 5.41) is 3.67. The highest BCUT2D eigenvalue weighted by Gasteiger charge is 2.30. The van der Waals surface area contributed by atoms with Gasteiger partial charge in [0, 0.05) is 30.1 Å². The van der Waals surface area contributed by atoms with Gasteiger partial charge in [-0.3, -0.25) is 9.59 Å². The number of likely N-dealkylation sites (N-methyl/N-ethyl adjacent to an activating group) is 1. The van der Waals surface area contributed by atoms with E-state index >= 15 is 0 Å². The molecule has 1 N–H and O–H groups in total. The SMILES string of the molecule is CNC(=O)[C@H](Cc1ccccc1)N(Cc1ccccc1C)C(=O)Cc1ccc(Cl)cc1Cl. The van der Waals surface area contributed by atoms with Crippen LogP contribution in [-0.2, 0) is 29.0 Å². The zero-order chi connectivity index (χ0) is 23.1. The lowest BCUT2D eigenvalue weighted by molar-refractivity contribution is -0.140. The maximum absolute atomic E-state index is 13.6. The predicted molar refractivity (Wildman–Crippen MR) is 130 cm³/mol. The number of carbonyl (C=O) groups is 2. The Kier molecular flexibility index (Phi) is 8.32. The van der Waals surface area contributed by atoms with E-state index in [-0.39, 0.29) is 18.2 Å². The molecular weight excluding hydrogens is 443 g/mol. The number of benzene rings is 3. The minimum Gasteiger partial charge on any atom is -0.357 e. The van der Waals surface area contributed by atoms with Crippen LogP contribution in [0.3, 0.4) is 0 Å². The first-order chi connectivity index (χ1) is 15.4. The number of nitrogens with zero attached hydrogens (tertiary/aromatic N) is 1. The van der Waals surface area contributed by atoms with Crippen LogP contribution < -0.4 is 5.32 Å². The van der Waals surface area contributed by atoms with E-state index in [2.05, 4.69) is 5.32 Å². The third-order valence-electron chi connectivity index (χ3n) is 5.48. The molecule has 0 aliphatic heterocycles. The van der Waals surface area contributed by atoms with Crippen molar-refractivity contribution in [3.05, 3.63) is 105 Å². The molecular formula is C26H26Cl2N2O2. The minimum absolute atomic E-state index is 0.0736. The second kappa shape index (κ2) is 11.2. The molecule has 0 heterocycles. The van der Waals surface area contributed by atoms with E-state index in [4.69, 9.17) is 23.2 Å². The monoisotopic (exact) mass is 468 g/mol. The molecule has 0 saturated carbocycles. The van der Waals surface area contributed by atoms with Gasteiger partial charge < -0.3 is 10.2 Å². The summed E-state index contributed by atoms with van der Waals surface area (Å²) >= 11 is 12.3. The van der Waals surface area contributed by atoms with E-state index in [1.54, 1.807) is 30.1 Å². The summed E-state index contributed by atoms with van der Waals surface area (Å²) < 4.78 is 0. The molecule has 2 amide bonds. The Bertz CT molecular complexity index is 1090. The standard InChI is InChI=1S/C26H26Cl2N2O2/c1-18-8-6-7-11-21(18)17-30(25(31)15-20-12-13-22(27)16-23(20)28)24(26(32)29-2)14-19-9-4-3-5-10-19/h3-13,16,24H,14-15,17H2,1-2H3,(H,29,32)/t24-/m0/s1. The first kappa shape index (κ1) is 23.8. The van der Waals surface area contributed by atoms with Gasteiger partial charge in [0.25, 0.3) is 0 Å². The average molecular weight is 469 g/mol. The van der Waals surface area contributed by atoms with E-state index in [9.17, 15) is 9.59 Å². The summed E-state index contributed by atoms with van der Waals surface area (Å²) in [6.45, 7) is 2.32. The lowest BCUT2D eigenvalue weighted by atomic mass is 10.0. The van der Waals surface area contributed by atoms with Crippen LogP contribution in [0.2, 0.25) is 10.0 Å². The van der Waals surface area contributed by atoms with Crippen molar-refractivity contribution in [1.82, 2.24) is 10.2 Å². The van der Waals surface area contributed by atoms with Gasteiger partial charge in [0.1, 0.15) is 6.04 Å². The first-order valence-corrected chi connectivity index (χ1v) is 11.2. The van der Waals surface area contributed by atoms with Crippen LogP contribution in [0.25, 0.3) is 0 Å². The number of nitrogens with one attached hydrogen (secondary N) is 1. The summed E-state index contributed by atoms with van der Waals surface area (Å²) in [5.74, 6) is -0.389. The van der Waals surface area contributed by atoms with E-state index < -0.39 is 6.04 Å². The Morgan fingerprint density at radius 2 is 1.62 bits per heavy atom. The summed E-state index contributed by atoms with van der Waals surface area (Å²) in [6, 6.07) is 22.0. The summed E-state index contributed by atoms with van der Waals surface area (Å²) in [6.07, 6.45) is 0.483. The first-order valence-electron chi connectivity index (χ1n) is 10.4. The fourth-order valence-electron chi connectivity index (χ4n) is 3.62. The second-order valence-electron chi connectivity index (χ2n) is 7.68. The van der Waals surface area contributed by atoms with E-state index in [0.29, 0.717) is 28.6 Å². The van der Waals surface area contributed by atoms with Crippen molar-refractivity contribution in [1.29, 1.82) is 0 Å². The van der Waals surface area contributed by atoms with Gasteiger partial charge in [-0.05, 0) is 41.3 Å².